The first kappa shape index (κ1) is 30.6. The fourth-order valence-corrected chi connectivity index (χ4v) is 5.58. The number of pyridine rings is 2. The first-order chi connectivity index (χ1) is 20.9. The minimum atomic E-state index is -1.30. The molecule has 44 heavy (non-hydrogen) atoms. The Hall–Kier alpha value is -3.45. The molecule has 6 rings (SSSR count). The summed E-state index contributed by atoms with van der Waals surface area (Å²) in [6.07, 6.45) is 3.84. The maximum atomic E-state index is 12.8. The molecule has 0 saturated carbocycles. The van der Waals surface area contributed by atoms with E-state index in [4.69, 9.17) is 7.16 Å². The van der Waals surface area contributed by atoms with Gasteiger partial charge in [-0.05, 0) is 27.6 Å². The van der Waals surface area contributed by atoms with E-state index in [-0.39, 0.29) is 43.1 Å². The molecule has 231 valence electrons. The number of halogens is 1. The molecule has 2 aromatic carbocycles. The number of aromatic nitrogens is 4. The van der Waals surface area contributed by atoms with Crippen molar-refractivity contribution in [1.29, 1.82) is 0 Å². The minimum absolute atomic E-state index is 0. The Kier molecular flexibility index (Phi) is 8.69. The first-order valence-electron chi connectivity index (χ1n) is 15.4. The second-order valence-electron chi connectivity index (χ2n) is 13.8. The molecule has 0 aliphatic carbocycles. The summed E-state index contributed by atoms with van der Waals surface area (Å²) >= 11 is 0. The van der Waals surface area contributed by atoms with Crippen LogP contribution < -0.4 is 5.19 Å². The van der Waals surface area contributed by atoms with E-state index in [2.05, 4.69) is 73.6 Å². The van der Waals surface area contributed by atoms with E-state index >= 15 is 0 Å². The Morgan fingerprint density at radius 1 is 0.864 bits per heavy atom. The van der Waals surface area contributed by atoms with Gasteiger partial charge in [0.1, 0.15) is 13.4 Å². The van der Waals surface area contributed by atoms with Crippen molar-refractivity contribution in [3.8, 4) is 22.5 Å². The van der Waals surface area contributed by atoms with Crippen LogP contribution >= 0.6 is 0 Å². The van der Waals surface area contributed by atoms with Crippen molar-refractivity contribution in [3.63, 3.8) is 0 Å². The van der Waals surface area contributed by atoms with Gasteiger partial charge in [0.15, 0.2) is 0 Å². The molecule has 0 aliphatic rings. The van der Waals surface area contributed by atoms with Gasteiger partial charge in [-0.2, -0.15) is 0 Å². The van der Waals surface area contributed by atoms with Gasteiger partial charge in [0.2, 0.25) is 5.71 Å². The Balaban J connectivity index is 0.000000230. The second-order valence-corrected chi connectivity index (χ2v) is 18.9. The van der Waals surface area contributed by atoms with E-state index in [9.17, 15) is 4.39 Å². The average Bonchev–Trinajstić information content (AvgIpc) is 3.50. The van der Waals surface area contributed by atoms with Crippen molar-refractivity contribution < 1.29 is 31.7 Å². The molecule has 4 heterocycles. The monoisotopic (exact) mass is 785 g/mol. The molecule has 0 bridgehead atoms. The molecule has 0 spiro atoms. The molecule has 0 saturated heterocycles. The summed E-state index contributed by atoms with van der Waals surface area (Å²) in [5, 5.41) is 1.32. The van der Waals surface area contributed by atoms with Crippen molar-refractivity contribution in [2.75, 3.05) is 0 Å². The van der Waals surface area contributed by atoms with Crippen molar-refractivity contribution in [1.82, 2.24) is 19.4 Å². The van der Waals surface area contributed by atoms with Gasteiger partial charge in [-0.1, -0.05) is 91.0 Å². The number of hydrogen-bond donors (Lipinski definition) is 0. The molecule has 4 aromatic heterocycles. The third-order valence-electron chi connectivity index (χ3n) is 7.19. The smallest absolute Gasteiger partial charge is 0.217 e. The third kappa shape index (κ3) is 7.09. The van der Waals surface area contributed by atoms with Crippen molar-refractivity contribution >= 4 is 30.1 Å². The molecule has 0 fully saturated rings. The Morgan fingerprint density at radius 2 is 1.59 bits per heavy atom. The van der Waals surface area contributed by atoms with Crippen LogP contribution in [-0.4, -0.2) is 27.4 Å². The van der Waals surface area contributed by atoms with Gasteiger partial charge < -0.3 is 14.4 Å². The van der Waals surface area contributed by atoms with Crippen molar-refractivity contribution in [2.24, 2.45) is 0 Å². The summed E-state index contributed by atoms with van der Waals surface area (Å²) in [4.78, 5) is 13.4. The van der Waals surface area contributed by atoms with Crippen LogP contribution in [0.15, 0.2) is 77.7 Å². The van der Waals surface area contributed by atoms with E-state index < -0.39 is 8.07 Å². The normalized spacial score (nSPS) is 12.8. The average molecular weight is 785 g/mol. The van der Waals surface area contributed by atoms with Gasteiger partial charge in [-0.25, -0.2) is 4.98 Å². The van der Waals surface area contributed by atoms with Crippen LogP contribution in [-0.2, 0) is 30.9 Å². The van der Waals surface area contributed by atoms with Gasteiger partial charge in [-0.15, -0.1) is 48.0 Å². The number of imidazole rings is 1. The van der Waals surface area contributed by atoms with Crippen LogP contribution in [0.4, 0.5) is 4.39 Å². The largest absolute Gasteiger partial charge is 0.484 e. The number of rotatable bonds is 3. The van der Waals surface area contributed by atoms with E-state index in [0.29, 0.717) is 28.6 Å². The molecule has 1 radical (unpaired) electrons. The maximum absolute atomic E-state index is 12.8. The third-order valence-corrected chi connectivity index (χ3v) is 9.22. The summed E-state index contributed by atoms with van der Waals surface area (Å²) in [6, 6.07) is 20.5. The van der Waals surface area contributed by atoms with Gasteiger partial charge in [-0.3, -0.25) is 8.79 Å². The molecule has 0 atom stereocenters. The van der Waals surface area contributed by atoms with Crippen molar-refractivity contribution in [2.45, 2.75) is 72.0 Å². The summed E-state index contributed by atoms with van der Waals surface area (Å²) < 4.78 is 37.4. The van der Waals surface area contributed by atoms with Crippen LogP contribution in [0.3, 0.4) is 0 Å². The second kappa shape index (κ2) is 12.5. The zero-order chi connectivity index (χ0) is 32.9. The number of benzene rings is 2. The molecule has 0 aliphatic heterocycles. The van der Waals surface area contributed by atoms with Crippen LogP contribution in [0.25, 0.3) is 39.3 Å². The van der Waals surface area contributed by atoms with Gasteiger partial charge in [0.25, 0.3) is 0 Å². The Labute approximate surface area is 277 Å². The quantitative estimate of drug-likeness (QED) is 0.133. The van der Waals surface area contributed by atoms with Crippen molar-refractivity contribution in [3.05, 3.63) is 102 Å². The molecule has 5 nitrogen and oxygen atoms in total. The molecular weight excluding hydrogens is 744 g/mol. The zero-order valence-electron chi connectivity index (χ0n) is 28.7. The van der Waals surface area contributed by atoms with E-state index in [0.717, 1.165) is 28.0 Å². The molecule has 8 heteroatoms. The Bertz CT molecular complexity index is 1990. The standard InChI is InChI=1S/C22H24N3O.C14H15FNSi.Ir/c1-21(2,3)14-10-11-16(23-12-14)15-8-7-9-17-18(15)26-20-19(22(4,5)6)24-13-25(17)20;1-17(2,3)13-8-9-14(16-10-13)11-4-6-12(15)7-5-11;/h7,9-13H,1-6H3;4,6-10H,1-3H3;/q2*-1;/i10D,13D;;. The van der Waals surface area contributed by atoms with Gasteiger partial charge >= 0.3 is 0 Å². The molecule has 0 unspecified atom stereocenters. The van der Waals surface area contributed by atoms with Gasteiger partial charge in [0.05, 0.1) is 15.0 Å². The summed E-state index contributed by atoms with van der Waals surface area (Å²) in [5.41, 5.74) is 6.18. The number of nitrogens with zero attached hydrogens (tertiary/aromatic N) is 4. The fraction of sp³-hybridized carbons (Fsp3) is 0.306. The van der Waals surface area contributed by atoms with Crippen LogP contribution in [0.1, 0.15) is 55.5 Å². The molecule has 0 N–H and O–H groups in total. The minimum Gasteiger partial charge on any atom is -0.484 e. The van der Waals surface area contributed by atoms with E-state index in [1.165, 1.54) is 17.3 Å². The topological polar surface area (TPSA) is 56.2 Å². The summed E-state index contributed by atoms with van der Waals surface area (Å²) in [7, 11) is -1.30. The number of fused-ring (bicyclic) bond motifs is 3. The first-order valence-corrected chi connectivity index (χ1v) is 17.9. The Morgan fingerprint density at radius 3 is 2.16 bits per heavy atom. The van der Waals surface area contributed by atoms with Crippen LogP contribution in [0.5, 0.6) is 0 Å². The number of oxazole rings is 1. The SMILES string of the molecule is C[Si](C)(C)c1ccc(-c2[c-]cc(F)cc2)nc1.[2H]c1cc(-c2[c-]ccc3c2oc2c(C(C)(C)C)nc([2H])n23)ncc1C(C)(C)C.[Ir]. The predicted octanol–water partition coefficient (Wildman–Crippen LogP) is 8.77. The fourth-order valence-electron chi connectivity index (χ4n) is 4.55. The van der Waals surface area contributed by atoms with Gasteiger partial charge in [0, 0.05) is 49.2 Å². The van der Waals surface area contributed by atoms with Crippen LogP contribution in [0.2, 0.25) is 19.6 Å². The maximum Gasteiger partial charge on any atom is 0.217 e. The van der Waals surface area contributed by atoms with Crippen LogP contribution in [0, 0.1) is 17.9 Å². The summed E-state index contributed by atoms with van der Waals surface area (Å²) in [5.74, 6) is -0.271. The predicted molar refractivity (Wildman–Crippen MR) is 176 cm³/mol. The molecule has 0 amide bonds. The number of hydrogen-bond acceptors (Lipinski definition) is 4. The molecular formula is C36H39FIrN4OSi-2. The van der Waals surface area contributed by atoms with E-state index in [1.54, 1.807) is 28.8 Å². The molecule has 6 aromatic rings. The zero-order valence-corrected chi connectivity index (χ0v) is 30.1. The van der Waals surface area contributed by atoms with E-state index in [1.807, 2.05) is 39.1 Å². The summed E-state index contributed by atoms with van der Waals surface area (Å²) in [6.45, 7) is 19.2.